The number of aliphatic carboxylic acids is 1. The fourth-order valence-corrected chi connectivity index (χ4v) is 3.00. The molecule has 8 N–H and O–H groups in total. The Kier molecular flexibility index (Phi) is 9.56. The lowest BCUT2D eigenvalue weighted by Crippen LogP contribution is -2.55. The van der Waals surface area contributed by atoms with E-state index in [0.717, 1.165) is 0 Å². The van der Waals surface area contributed by atoms with Crippen molar-refractivity contribution in [3.8, 4) is 5.75 Å². The zero-order valence-electron chi connectivity index (χ0n) is 18.9. The van der Waals surface area contributed by atoms with Gasteiger partial charge in [0.05, 0.1) is 18.9 Å². The SMILES string of the molecule is CC(C)C(N)C(=O)NCC(=O)NC(Cc1cnc[nH]1)C(=O)NC(Cc1ccc(O)cc1)C(=O)O. The Bertz CT molecular complexity index is 976. The first-order valence-electron chi connectivity index (χ1n) is 10.7. The summed E-state index contributed by atoms with van der Waals surface area (Å²) in [6.45, 7) is 3.14. The predicted octanol–water partition coefficient (Wildman–Crippen LogP) is -0.946. The number of imidazole rings is 1. The van der Waals surface area contributed by atoms with Gasteiger partial charge < -0.3 is 36.9 Å². The first kappa shape index (κ1) is 26.3. The summed E-state index contributed by atoms with van der Waals surface area (Å²) in [6.07, 6.45) is 2.86. The van der Waals surface area contributed by atoms with Gasteiger partial charge in [0.15, 0.2) is 0 Å². The average molecular weight is 475 g/mol. The monoisotopic (exact) mass is 474 g/mol. The van der Waals surface area contributed by atoms with Gasteiger partial charge in [0.25, 0.3) is 0 Å². The standard InChI is InChI=1S/C22H30N6O6/c1-12(2)19(23)21(32)25-10-18(30)27-16(8-14-9-24-11-26-14)20(31)28-17(22(33)34)7-13-3-5-15(29)6-4-13/h3-6,9,11-12,16-17,19,29H,7-8,10,23H2,1-2H3,(H,24,26)(H,25,32)(H,27,30)(H,28,31)(H,33,34). The van der Waals surface area contributed by atoms with Gasteiger partial charge in [-0.3, -0.25) is 14.4 Å². The van der Waals surface area contributed by atoms with Crippen molar-refractivity contribution in [2.45, 2.75) is 44.8 Å². The van der Waals surface area contributed by atoms with Crippen molar-refractivity contribution in [3.05, 3.63) is 48.0 Å². The zero-order valence-corrected chi connectivity index (χ0v) is 18.9. The molecule has 12 heteroatoms. The number of carboxylic acid groups (broad SMARTS) is 1. The van der Waals surface area contributed by atoms with Crippen LogP contribution in [0.15, 0.2) is 36.8 Å². The molecule has 3 amide bonds. The number of amides is 3. The third-order valence-corrected chi connectivity index (χ3v) is 5.07. The lowest BCUT2D eigenvalue weighted by molar-refractivity contribution is -0.142. The topological polar surface area (TPSA) is 200 Å². The Labute approximate surface area is 196 Å². The van der Waals surface area contributed by atoms with E-state index < -0.39 is 48.4 Å². The summed E-state index contributed by atoms with van der Waals surface area (Å²) in [4.78, 5) is 55.8. The summed E-state index contributed by atoms with van der Waals surface area (Å²) in [6, 6.07) is 2.73. The number of carbonyl (C=O) groups excluding carboxylic acids is 3. The highest BCUT2D eigenvalue weighted by Crippen LogP contribution is 2.12. The number of hydrogen-bond donors (Lipinski definition) is 7. The number of nitrogens with two attached hydrogens (primary N) is 1. The fourth-order valence-electron chi connectivity index (χ4n) is 3.00. The summed E-state index contributed by atoms with van der Waals surface area (Å²) in [7, 11) is 0. The van der Waals surface area contributed by atoms with Crippen LogP contribution in [0, 0.1) is 5.92 Å². The Morgan fingerprint density at radius 1 is 1.03 bits per heavy atom. The number of phenols is 1. The molecule has 3 unspecified atom stereocenters. The number of aromatic amines is 1. The van der Waals surface area contributed by atoms with E-state index in [0.29, 0.717) is 11.3 Å². The number of H-pyrrole nitrogens is 1. The van der Waals surface area contributed by atoms with Crippen LogP contribution in [-0.4, -0.2) is 68.5 Å². The molecule has 0 spiro atoms. The van der Waals surface area contributed by atoms with Gasteiger partial charge in [-0.1, -0.05) is 26.0 Å². The molecule has 0 aliphatic heterocycles. The Hall–Kier alpha value is -3.93. The maximum atomic E-state index is 12.9. The van der Waals surface area contributed by atoms with Gasteiger partial charge in [-0.05, 0) is 23.6 Å². The molecule has 34 heavy (non-hydrogen) atoms. The van der Waals surface area contributed by atoms with Gasteiger partial charge in [-0.15, -0.1) is 0 Å². The van der Waals surface area contributed by atoms with Crippen LogP contribution in [0.1, 0.15) is 25.1 Å². The van der Waals surface area contributed by atoms with Gasteiger partial charge in [-0.2, -0.15) is 0 Å². The van der Waals surface area contributed by atoms with E-state index in [2.05, 4.69) is 25.9 Å². The second kappa shape index (κ2) is 12.3. The van der Waals surface area contributed by atoms with Crippen LogP contribution in [-0.2, 0) is 32.0 Å². The average Bonchev–Trinajstić information content (AvgIpc) is 3.30. The van der Waals surface area contributed by atoms with Crippen molar-refractivity contribution in [1.82, 2.24) is 25.9 Å². The molecule has 0 saturated carbocycles. The Balaban J connectivity index is 2.06. The molecule has 0 aliphatic carbocycles. The molecule has 0 saturated heterocycles. The predicted molar refractivity (Wildman–Crippen MR) is 121 cm³/mol. The van der Waals surface area contributed by atoms with Crippen molar-refractivity contribution in [1.29, 1.82) is 0 Å². The normalized spacial score (nSPS) is 13.5. The summed E-state index contributed by atoms with van der Waals surface area (Å²) in [5, 5.41) is 26.3. The van der Waals surface area contributed by atoms with Crippen LogP contribution in [0.3, 0.4) is 0 Å². The minimum absolute atomic E-state index is 0.0164. The molecule has 12 nitrogen and oxygen atoms in total. The maximum absolute atomic E-state index is 12.9. The van der Waals surface area contributed by atoms with E-state index in [1.54, 1.807) is 26.0 Å². The summed E-state index contributed by atoms with van der Waals surface area (Å²) in [5.41, 5.74) is 6.88. The molecule has 184 valence electrons. The third kappa shape index (κ3) is 8.20. The largest absolute Gasteiger partial charge is 0.508 e. The zero-order chi connectivity index (χ0) is 25.3. The lowest BCUT2D eigenvalue weighted by atomic mass is 10.0. The highest BCUT2D eigenvalue weighted by atomic mass is 16.4. The Morgan fingerprint density at radius 2 is 1.71 bits per heavy atom. The molecular weight excluding hydrogens is 444 g/mol. The highest BCUT2D eigenvalue weighted by molar-refractivity contribution is 5.92. The molecule has 0 bridgehead atoms. The molecule has 1 aromatic carbocycles. The van der Waals surface area contributed by atoms with Crippen LogP contribution < -0.4 is 21.7 Å². The summed E-state index contributed by atoms with van der Waals surface area (Å²) in [5.74, 6) is -3.22. The van der Waals surface area contributed by atoms with E-state index in [4.69, 9.17) is 5.73 Å². The molecule has 1 aromatic heterocycles. The number of hydrogen-bond acceptors (Lipinski definition) is 7. The van der Waals surface area contributed by atoms with Crippen molar-refractivity contribution in [2.24, 2.45) is 11.7 Å². The minimum atomic E-state index is -1.28. The molecule has 0 fully saturated rings. The third-order valence-electron chi connectivity index (χ3n) is 5.07. The van der Waals surface area contributed by atoms with E-state index in [1.807, 2.05) is 0 Å². The van der Waals surface area contributed by atoms with Gasteiger partial charge in [0, 0.05) is 24.7 Å². The van der Waals surface area contributed by atoms with Crippen LogP contribution in [0.2, 0.25) is 0 Å². The molecule has 0 aliphatic rings. The van der Waals surface area contributed by atoms with Crippen molar-refractivity contribution in [2.75, 3.05) is 6.54 Å². The molecule has 0 radical (unpaired) electrons. The number of nitrogens with one attached hydrogen (secondary N) is 4. The quantitative estimate of drug-likeness (QED) is 0.204. The Morgan fingerprint density at radius 3 is 2.26 bits per heavy atom. The van der Waals surface area contributed by atoms with Crippen LogP contribution in [0.4, 0.5) is 0 Å². The van der Waals surface area contributed by atoms with Crippen molar-refractivity contribution >= 4 is 23.7 Å². The van der Waals surface area contributed by atoms with Gasteiger partial charge in [0.2, 0.25) is 17.7 Å². The molecular formula is C22H30N6O6. The minimum Gasteiger partial charge on any atom is -0.508 e. The fraction of sp³-hybridized carbons (Fsp3) is 0.409. The summed E-state index contributed by atoms with van der Waals surface area (Å²) < 4.78 is 0. The number of phenolic OH excluding ortho intramolecular Hbond substituents is 1. The van der Waals surface area contributed by atoms with E-state index in [1.165, 1.54) is 24.7 Å². The van der Waals surface area contributed by atoms with E-state index in [9.17, 15) is 29.4 Å². The van der Waals surface area contributed by atoms with E-state index >= 15 is 0 Å². The molecule has 2 rings (SSSR count). The second-order valence-corrected chi connectivity index (χ2v) is 8.16. The van der Waals surface area contributed by atoms with Gasteiger partial charge in [-0.25, -0.2) is 9.78 Å². The van der Waals surface area contributed by atoms with Crippen molar-refractivity contribution < 1.29 is 29.4 Å². The number of nitrogens with zero attached hydrogens (tertiary/aromatic N) is 1. The van der Waals surface area contributed by atoms with Crippen LogP contribution in [0.5, 0.6) is 5.75 Å². The number of aromatic hydroxyl groups is 1. The first-order valence-corrected chi connectivity index (χ1v) is 10.7. The van der Waals surface area contributed by atoms with Gasteiger partial charge in [0.1, 0.15) is 17.8 Å². The number of benzene rings is 1. The second-order valence-electron chi connectivity index (χ2n) is 8.16. The molecule has 3 atom stereocenters. The van der Waals surface area contributed by atoms with Crippen LogP contribution >= 0.6 is 0 Å². The number of carboxylic acids is 1. The number of aromatic nitrogens is 2. The smallest absolute Gasteiger partial charge is 0.326 e. The lowest BCUT2D eigenvalue weighted by Gasteiger charge is -2.22. The van der Waals surface area contributed by atoms with E-state index in [-0.39, 0.29) is 24.5 Å². The molecule has 2 aromatic rings. The van der Waals surface area contributed by atoms with Gasteiger partial charge >= 0.3 is 5.97 Å². The van der Waals surface area contributed by atoms with Crippen LogP contribution in [0.25, 0.3) is 0 Å². The maximum Gasteiger partial charge on any atom is 0.326 e. The number of carbonyl (C=O) groups is 4. The summed E-state index contributed by atoms with van der Waals surface area (Å²) >= 11 is 0. The van der Waals surface area contributed by atoms with Crippen molar-refractivity contribution in [3.63, 3.8) is 0 Å². The highest BCUT2D eigenvalue weighted by Gasteiger charge is 2.28. The number of rotatable bonds is 12. The molecule has 1 heterocycles. The first-order chi connectivity index (χ1) is 16.1.